The summed E-state index contributed by atoms with van der Waals surface area (Å²) in [5.41, 5.74) is 0. The Morgan fingerprint density at radius 2 is 2.00 bits per heavy atom. The summed E-state index contributed by atoms with van der Waals surface area (Å²) in [4.78, 5) is 1.34. The van der Waals surface area contributed by atoms with Gasteiger partial charge < -0.3 is 10.0 Å². The molecule has 0 aromatic carbocycles. The van der Waals surface area contributed by atoms with Crippen molar-refractivity contribution in [1.82, 2.24) is 0 Å². The molecule has 8 heavy (non-hydrogen) atoms. The molecule has 1 heterocycles. The van der Waals surface area contributed by atoms with E-state index in [0.29, 0.717) is 6.73 Å². The highest BCUT2D eigenvalue weighted by atomic mass is 32.2. The summed E-state index contributed by atoms with van der Waals surface area (Å²) in [5.74, 6) is 2.44. The molecule has 48 valence electrons. The van der Waals surface area contributed by atoms with Crippen LogP contribution in [0.1, 0.15) is 0 Å². The van der Waals surface area contributed by atoms with Crippen molar-refractivity contribution in [3.8, 4) is 0 Å². The average Bonchev–Trinajstić information content (AvgIpc) is 1.90. The van der Waals surface area contributed by atoms with Gasteiger partial charge in [-0.05, 0) is 0 Å². The summed E-state index contributed by atoms with van der Waals surface area (Å²) in [6.45, 7) is 2.60. The number of thioether (sulfide) groups is 1. The van der Waals surface area contributed by atoms with E-state index in [2.05, 4.69) is 0 Å². The number of hydrogen-bond donors (Lipinski definition) is 2. The fourth-order valence-electron chi connectivity index (χ4n) is 0.818. The fraction of sp³-hybridized carbons (Fsp3) is 1.00. The van der Waals surface area contributed by atoms with Crippen molar-refractivity contribution in [3.63, 3.8) is 0 Å². The Morgan fingerprint density at radius 3 is 2.38 bits per heavy atom. The first-order valence-electron chi connectivity index (χ1n) is 2.95. The molecule has 0 aliphatic carbocycles. The largest absolute Gasteiger partial charge is 0.347 e. The van der Waals surface area contributed by atoms with Crippen LogP contribution in [0.3, 0.4) is 0 Å². The second-order valence-corrected chi connectivity index (χ2v) is 3.25. The van der Waals surface area contributed by atoms with E-state index in [1.807, 2.05) is 11.8 Å². The first-order valence-corrected chi connectivity index (χ1v) is 4.11. The smallest absolute Gasteiger partial charge is 0.178 e. The van der Waals surface area contributed by atoms with Gasteiger partial charge in [-0.3, -0.25) is 0 Å². The molecule has 0 atom stereocenters. The van der Waals surface area contributed by atoms with Crippen molar-refractivity contribution < 1.29 is 10.0 Å². The lowest BCUT2D eigenvalue weighted by Gasteiger charge is -2.20. The van der Waals surface area contributed by atoms with Gasteiger partial charge in [-0.2, -0.15) is 11.8 Å². The summed E-state index contributed by atoms with van der Waals surface area (Å²) in [6, 6.07) is 0. The Bertz CT molecular complexity index is 63.4. The molecule has 0 aromatic heterocycles. The quantitative estimate of drug-likeness (QED) is 0.459. The second-order valence-electron chi connectivity index (χ2n) is 2.02. The third-order valence-electron chi connectivity index (χ3n) is 1.42. The molecule has 0 bridgehead atoms. The molecule has 0 saturated carbocycles. The van der Waals surface area contributed by atoms with Gasteiger partial charge in [0.15, 0.2) is 6.73 Å². The maximum Gasteiger partial charge on any atom is 0.178 e. The van der Waals surface area contributed by atoms with E-state index in [1.54, 1.807) is 0 Å². The highest BCUT2D eigenvalue weighted by Gasteiger charge is 2.10. The van der Waals surface area contributed by atoms with Gasteiger partial charge in [-0.1, -0.05) is 0 Å². The van der Waals surface area contributed by atoms with Crippen LogP contribution >= 0.6 is 11.8 Å². The molecule has 1 fully saturated rings. The van der Waals surface area contributed by atoms with Crippen molar-refractivity contribution in [2.24, 2.45) is 0 Å². The summed E-state index contributed by atoms with van der Waals surface area (Å²) in [5, 5.41) is 8.64. The van der Waals surface area contributed by atoms with Crippen LogP contribution in [0.4, 0.5) is 0 Å². The lowest BCUT2D eigenvalue weighted by Crippen LogP contribution is -3.13. The maximum atomic E-state index is 8.64. The van der Waals surface area contributed by atoms with Gasteiger partial charge in [-0.25, -0.2) is 0 Å². The topological polar surface area (TPSA) is 24.7 Å². The molecule has 0 amide bonds. The lowest BCUT2D eigenvalue weighted by atomic mass is 10.5. The molecule has 0 aromatic rings. The minimum Gasteiger partial charge on any atom is -0.347 e. The molecule has 2 nitrogen and oxygen atoms in total. The van der Waals surface area contributed by atoms with Crippen molar-refractivity contribution in [2.45, 2.75) is 0 Å². The number of quaternary nitrogens is 1. The zero-order valence-corrected chi connectivity index (χ0v) is 5.71. The Labute approximate surface area is 53.9 Å². The first kappa shape index (κ1) is 6.39. The predicted octanol–water partition coefficient (Wildman–Crippen LogP) is -1.43. The van der Waals surface area contributed by atoms with Crippen molar-refractivity contribution in [2.75, 3.05) is 31.3 Å². The van der Waals surface area contributed by atoms with Gasteiger partial charge in [0.05, 0.1) is 13.1 Å². The molecule has 0 spiro atoms. The zero-order valence-electron chi connectivity index (χ0n) is 4.89. The van der Waals surface area contributed by atoms with Crippen LogP contribution in [0.15, 0.2) is 0 Å². The van der Waals surface area contributed by atoms with Crippen LogP contribution in [-0.4, -0.2) is 36.4 Å². The summed E-state index contributed by atoms with van der Waals surface area (Å²) in [7, 11) is 0. The van der Waals surface area contributed by atoms with Crippen LogP contribution in [0, 0.1) is 0 Å². The minimum absolute atomic E-state index is 0.320. The van der Waals surface area contributed by atoms with Gasteiger partial charge in [0, 0.05) is 11.5 Å². The van der Waals surface area contributed by atoms with Crippen molar-refractivity contribution in [3.05, 3.63) is 0 Å². The van der Waals surface area contributed by atoms with Crippen LogP contribution in [0.25, 0.3) is 0 Å². The van der Waals surface area contributed by atoms with Gasteiger partial charge in [0.2, 0.25) is 0 Å². The van der Waals surface area contributed by atoms with E-state index < -0.39 is 0 Å². The van der Waals surface area contributed by atoms with Crippen LogP contribution in [-0.2, 0) is 0 Å². The fourth-order valence-corrected chi connectivity index (χ4v) is 1.89. The molecular weight excluding hydrogens is 122 g/mol. The van der Waals surface area contributed by atoms with E-state index in [-0.39, 0.29) is 0 Å². The predicted molar refractivity (Wildman–Crippen MR) is 35.1 cm³/mol. The molecular formula is C5H12NOS+. The third-order valence-corrected chi connectivity index (χ3v) is 2.41. The maximum absolute atomic E-state index is 8.64. The summed E-state index contributed by atoms with van der Waals surface area (Å²) < 4.78 is 0. The normalized spacial score (nSPS) is 23.6. The average molecular weight is 134 g/mol. The second kappa shape index (κ2) is 3.33. The molecule has 1 aliphatic rings. The molecule has 1 rings (SSSR count). The Morgan fingerprint density at radius 1 is 1.38 bits per heavy atom. The Balaban J connectivity index is 2.13. The molecule has 1 saturated heterocycles. The number of rotatable bonds is 1. The van der Waals surface area contributed by atoms with E-state index in [9.17, 15) is 0 Å². The van der Waals surface area contributed by atoms with Crippen molar-refractivity contribution in [1.29, 1.82) is 0 Å². The van der Waals surface area contributed by atoms with Crippen LogP contribution in [0.5, 0.6) is 0 Å². The standard InChI is InChI=1S/C5H11NOS/c7-5-6-1-3-8-4-2-6/h7H,1-5H2/p+1. The van der Waals surface area contributed by atoms with Crippen LogP contribution < -0.4 is 4.90 Å². The lowest BCUT2D eigenvalue weighted by molar-refractivity contribution is -0.915. The molecule has 0 unspecified atom stereocenters. The van der Waals surface area contributed by atoms with E-state index >= 15 is 0 Å². The third kappa shape index (κ3) is 1.65. The number of aliphatic hydroxyl groups is 1. The minimum atomic E-state index is 0.320. The first-order chi connectivity index (χ1) is 3.93. The highest BCUT2D eigenvalue weighted by molar-refractivity contribution is 7.99. The highest BCUT2D eigenvalue weighted by Crippen LogP contribution is 1.96. The van der Waals surface area contributed by atoms with E-state index in [1.165, 1.54) is 16.4 Å². The molecule has 0 radical (unpaired) electrons. The molecule has 2 N–H and O–H groups in total. The summed E-state index contributed by atoms with van der Waals surface area (Å²) in [6.07, 6.45) is 0. The number of hydrogen-bond acceptors (Lipinski definition) is 2. The Kier molecular flexibility index (Phi) is 2.66. The van der Waals surface area contributed by atoms with Gasteiger partial charge >= 0.3 is 0 Å². The van der Waals surface area contributed by atoms with Gasteiger partial charge in [-0.15, -0.1) is 0 Å². The number of aliphatic hydroxyl groups excluding tert-OH is 1. The van der Waals surface area contributed by atoms with E-state index in [0.717, 1.165) is 13.1 Å². The van der Waals surface area contributed by atoms with E-state index in [4.69, 9.17) is 5.11 Å². The van der Waals surface area contributed by atoms with Crippen molar-refractivity contribution >= 4 is 11.8 Å². The number of nitrogens with one attached hydrogen (secondary N) is 1. The van der Waals surface area contributed by atoms with Gasteiger partial charge in [0.1, 0.15) is 0 Å². The zero-order chi connectivity index (χ0) is 5.82. The van der Waals surface area contributed by atoms with Gasteiger partial charge in [0.25, 0.3) is 0 Å². The Hall–Kier alpha value is 0.270. The molecule has 1 aliphatic heterocycles. The monoisotopic (exact) mass is 134 g/mol. The SMILES string of the molecule is OC[NH+]1CCSCC1. The van der Waals surface area contributed by atoms with Crippen LogP contribution in [0.2, 0.25) is 0 Å². The molecule has 3 heteroatoms. The summed E-state index contributed by atoms with van der Waals surface area (Å²) >= 11 is 1.98.